The number of carbonyl (C=O) groups is 2. The van der Waals surface area contributed by atoms with Crippen LogP contribution in [0.2, 0.25) is 10.0 Å². The molecule has 3 N–H and O–H groups in total. The van der Waals surface area contributed by atoms with E-state index in [1.807, 2.05) is 0 Å². The number of rotatable bonds is 5. The van der Waals surface area contributed by atoms with E-state index in [0.717, 1.165) is 29.7 Å². The first kappa shape index (κ1) is 21.7. The Kier molecular flexibility index (Phi) is 6.23. The van der Waals surface area contributed by atoms with Gasteiger partial charge in [-0.25, -0.2) is 0 Å². The van der Waals surface area contributed by atoms with Crippen LogP contribution in [0.5, 0.6) is 0 Å². The van der Waals surface area contributed by atoms with Crippen molar-refractivity contribution in [1.82, 2.24) is 0 Å². The minimum atomic E-state index is -0.514. The molecule has 5 nitrogen and oxygen atoms in total. The number of fused-ring (bicyclic) bond motifs is 1. The number of nitrogens with two attached hydrogens (primary N) is 1. The summed E-state index contributed by atoms with van der Waals surface area (Å²) in [5, 5.41) is 4.15. The van der Waals surface area contributed by atoms with Crippen molar-refractivity contribution < 1.29 is 14.0 Å². The number of thiophene rings is 1. The van der Waals surface area contributed by atoms with Crippen molar-refractivity contribution in [1.29, 1.82) is 0 Å². The standard InChI is InChI=1S/C23H20Cl2N2O3S/c1-12-5-8-15-18(11-12)31-23(20(15)22(26)29)27-19(28)10-7-13-6-9-17(30-13)14-3-2-4-16(24)21(14)25/h2-4,6-7,9-10,12H,5,8,11H2,1H3,(H2,26,29)(H,27,28). The molecule has 2 amide bonds. The van der Waals surface area contributed by atoms with Crippen molar-refractivity contribution in [2.45, 2.75) is 26.2 Å². The monoisotopic (exact) mass is 474 g/mol. The fourth-order valence-electron chi connectivity index (χ4n) is 3.69. The molecule has 1 atom stereocenters. The highest BCUT2D eigenvalue weighted by molar-refractivity contribution is 7.17. The van der Waals surface area contributed by atoms with Crippen LogP contribution in [0.25, 0.3) is 17.4 Å². The number of anilines is 1. The molecule has 2 aromatic heterocycles. The van der Waals surface area contributed by atoms with Gasteiger partial charge in [0.1, 0.15) is 16.5 Å². The minimum Gasteiger partial charge on any atom is -0.457 e. The number of carbonyl (C=O) groups excluding carboxylic acids is 2. The van der Waals surface area contributed by atoms with Gasteiger partial charge in [-0.1, -0.05) is 36.2 Å². The molecule has 160 valence electrons. The van der Waals surface area contributed by atoms with E-state index in [0.29, 0.717) is 43.6 Å². The highest BCUT2D eigenvalue weighted by Crippen LogP contribution is 2.39. The lowest BCUT2D eigenvalue weighted by Crippen LogP contribution is -2.18. The van der Waals surface area contributed by atoms with Gasteiger partial charge >= 0.3 is 0 Å². The number of primary amides is 1. The Morgan fingerprint density at radius 3 is 2.84 bits per heavy atom. The Morgan fingerprint density at radius 1 is 1.26 bits per heavy atom. The van der Waals surface area contributed by atoms with Gasteiger partial charge in [-0.3, -0.25) is 9.59 Å². The molecule has 8 heteroatoms. The van der Waals surface area contributed by atoms with Crippen LogP contribution in [0, 0.1) is 5.92 Å². The zero-order chi connectivity index (χ0) is 22.1. The van der Waals surface area contributed by atoms with E-state index >= 15 is 0 Å². The number of hydrogen-bond donors (Lipinski definition) is 2. The van der Waals surface area contributed by atoms with Crippen LogP contribution in [0.15, 0.2) is 40.8 Å². The lowest BCUT2D eigenvalue weighted by molar-refractivity contribution is -0.111. The fraction of sp³-hybridized carbons (Fsp3) is 0.217. The lowest BCUT2D eigenvalue weighted by atomic mass is 9.88. The Labute approximate surface area is 193 Å². The number of nitrogens with one attached hydrogen (secondary N) is 1. The second-order valence-electron chi connectivity index (χ2n) is 7.55. The highest BCUT2D eigenvalue weighted by atomic mass is 35.5. The highest BCUT2D eigenvalue weighted by Gasteiger charge is 2.27. The molecule has 31 heavy (non-hydrogen) atoms. The Hall–Kier alpha value is -2.54. The second-order valence-corrected chi connectivity index (χ2v) is 9.44. The summed E-state index contributed by atoms with van der Waals surface area (Å²) in [6.45, 7) is 2.18. The van der Waals surface area contributed by atoms with Gasteiger partial charge in [-0.2, -0.15) is 0 Å². The third-order valence-corrected chi connectivity index (χ3v) is 7.23. The molecule has 1 aliphatic carbocycles. The molecule has 1 aromatic carbocycles. The number of halogens is 2. The average molecular weight is 475 g/mol. The summed E-state index contributed by atoms with van der Waals surface area (Å²) in [6.07, 6.45) is 5.62. The maximum atomic E-state index is 12.5. The summed E-state index contributed by atoms with van der Waals surface area (Å²) in [5.74, 6) is 0.698. The van der Waals surface area contributed by atoms with Crippen LogP contribution < -0.4 is 11.1 Å². The van der Waals surface area contributed by atoms with Gasteiger partial charge in [0, 0.05) is 16.5 Å². The molecule has 0 spiro atoms. The van der Waals surface area contributed by atoms with Gasteiger partial charge in [0.15, 0.2) is 0 Å². The van der Waals surface area contributed by atoms with Crippen molar-refractivity contribution in [3.63, 3.8) is 0 Å². The van der Waals surface area contributed by atoms with Crippen molar-refractivity contribution in [2.24, 2.45) is 11.7 Å². The number of amides is 2. The molecule has 2 heterocycles. The molecule has 0 fully saturated rings. The molecular formula is C23H20Cl2N2O3S. The molecule has 0 bridgehead atoms. The van der Waals surface area contributed by atoms with Gasteiger partial charge in [0.2, 0.25) is 5.91 Å². The third-order valence-electron chi connectivity index (χ3n) is 5.24. The topological polar surface area (TPSA) is 85.3 Å². The summed E-state index contributed by atoms with van der Waals surface area (Å²) in [6, 6.07) is 8.78. The van der Waals surface area contributed by atoms with Crippen LogP contribution in [0.4, 0.5) is 5.00 Å². The normalized spacial score (nSPS) is 15.8. The molecule has 1 unspecified atom stereocenters. The molecule has 4 rings (SSSR count). The summed E-state index contributed by atoms with van der Waals surface area (Å²) in [7, 11) is 0. The Morgan fingerprint density at radius 2 is 2.06 bits per heavy atom. The Balaban J connectivity index is 1.51. The molecular weight excluding hydrogens is 455 g/mol. The maximum absolute atomic E-state index is 12.5. The second kappa shape index (κ2) is 8.91. The van der Waals surface area contributed by atoms with E-state index in [-0.39, 0.29) is 5.91 Å². The van der Waals surface area contributed by atoms with Crippen LogP contribution in [0.3, 0.4) is 0 Å². The first-order valence-electron chi connectivity index (χ1n) is 9.81. The third kappa shape index (κ3) is 4.56. The van der Waals surface area contributed by atoms with E-state index in [4.69, 9.17) is 33.4 Å². The number of furan rings is 1. The van der Waals surface area contributed by atoms with Crippen molar-refractivity contribution >= 4 is 57.4 Å². The zero-order valence-corrected chi connectivity index (χ0v) is 19.0. The molecule has 0 radical (unpaired) electrons. The number of hydrogen-bond acceptors (Lipinski definition) is 4. The van der Waals surface area contributed by atoms with Crippen LogP contribution in [-0.2, 0) is 17.6 Å². The van der Waals surface area contributed by atoms with E-state index < -0.39 is 5.91 Å². The van der Waals surface area contributed by atoms with Crippen LogP contribution in [0.1, 0.15) is 39.9 Å². The largest absolute Gasteiger partial charge is 0.457 e. The van der Waals surface area contributed by atoms with Gasteiger partial charge in [-0.05, 0) is 61.1 Å². The SMILES string of the molecule is CC1CCc2c(sc(NC(=O)C=Cc3ccc(-c4cccc(Cl)c4Cl)o3)c2C(N)=O)C1. The van der Waals surface area contributed by atoms with E-state index in [2.05, 4.69) is 12.2 Å². The van der Waals surface area contributed by atoms with Gasteiger partial charge in [-0.15, -0.1) is 11.3 Å². The first-order chi connectivity index (χ1) is 14.8. The van der Waals surface area contributed by atoms with Crippen LogP contribution in [-0.4, -0.2) is 11.8 Å². The smallest absolute Gasteiger partial charge is 0.251 e. The maximum Gasteiger partial charge on any atom is 0.251 e. The number of benzene rings is 1. The summed E-state index contributed by atoms with van der Waals surface area (Å²) >= 11 is 13.7. The van der Waals surface area contributed by atoms with E-state index in [1.165, 1.54) is 17.4 Å². The summed E-state index contributed by atoms with van der Waals surface area (Å²) < 4.78 is 5.76. The molecule has 0 saturated carbocycles. The molecule has 3 aromatic rings. The minimum absolute atomic E-state index is 0.368. The molecule has 0 saturated heterocycles. The van der Waals surface area contributed by atoms with Crippen molar-refractivity contribution in [2.75, 3.05) is 5.32 Å². The van der Waals surface area contributed by atoms with E-state index in [1.54, 1.807) is 36.4 Å². The predicted octanol–water partition coefficient (Wildman–Crippen LogP) is 6.19. The predicted molar refractivity (Wildman–Crippen MR) is 126 cm³/mol. The van der Waals surface area contributed by atoms with Crippen molar-refractivity contribution in [3.05, 3.63) is 68.2 Å². The summed E-state index contributed by atoms with van der Waals surface area (Å²) in [4.78, 5) is 25.6. The van der Waals surface area contributed by atoms with Gasteiger partial charge in [0.25, 0.3) is 5.91 Å². The molecule has 1 aliphatic rings. The van der Waals surface area contributed by atoms with Crippen molar-refractivity contribution in [3.8, 4) is 11.3 Å². The fourth-order valence-corrected chi connectivity index (χ4v) is 5.50. The lowest BCUT2D eigenvalue weighted by Gasteiger charge is -2.18. The van der Waals surface area contributed by atoms with E-state index in [9.17, 15) is 9.59 Å². The zero-order valence-electron chi connectivity index (χ0n) is 16.7. The molecule has 0 aliphatic heterocycles. The average Bonchev–Trinajstić information content (AvgIpc) is 3.32. The van der Waals surface area contributed by atoms with Gasteiger partial charge in [0.05, 0.1) is 15.6 Å². The Bertz CT molecular complexity index is 1200. The van der Waals surface area contributed by atoms with Gasteiger partial charge < -0.3 is 15.5 Å². The quantitative estimate of drug-likeness (QED) is 0.432. The first-order valence-corrected chi connectivity index (χ1v) is 11.4. The van der Waals surface area contributed by atoms with Crippen LogP contribution >= 0.6 is 34.5 Å². The summed E-state index contributed by atoms with van der Waals surface area (Å²) in [5.41, 5.74) is 7.68.